The molecule has 0 saturated heterocycles. The number of benzene rings is 2. The Bertz CT molecular complexity index is 684. The zero-order valence-electron chi connectivity index (χ0n) is 15.0. The van der Waals surface area contributed by atoms with Gasteiger partial charge in [-0.3, -0.25) is 9.59 Å². The normalized spacial score (nSPS) is 13.1. The van der Waals surface area contributed by atoms with Gasteiger partial charge in [-0.1, -0.05) is 81.4 Å². The maximum atomic E-state index is 12.4. The van der Waals surface area contributed by atoms with Crippen LogP contribution >= 0.6 is 0 Å². The summed E-state index contributed by atoms with van der Waals surface area (Å²) < 4.78 is 0. The molecule has 2 N–H and O–H groups in total. The van der Waals surface area contributed by atoms with Crippen molar-refractivity contribution in [2.45, 2.75) is 39.3 Å². The molecule has 2 rings (SSSR count). The van der Waals surface area contributed by atoms with Crippen LogP contribution in [0.4, 0.5) is 0 Å². The van der Waals surface area contributed by atoms with Gasteiger partial charge in [0.1, 0.15) is 0 Å². The van der Waals surface area contributed by atoms with Crippen LogP contribution in [0.15, 0.2) is 60.7 Å². The molecule has 2 atom stereocenters. The predicted octanol–water partition coefficient (Wildman–Crippen LogP) is 3.77. The first-order valence-corrected chi connectivity index (χ1v) is 8.74. The third-order valence-electron chi connectivity index (χ3n) is 4.23. The zero-order valence-corrected chi connectivity index (χ0v) is 15.0. The summed E-state index contributed by atoms with van der Waals surface area (Å²) in [6, 6.07) is 19.0. The molecule has 2 aromatic rings. The second-order valence-corrected chi connectivity index (χ2v) is 6.45. The maximum absolute atomic E-state index is 12.4. The molecule has 0 aliphatic heterocycles. The highest BCUT2D eigenvalue weighted by atomic mass is 16.2. The van der Waals surface area contributed by atoms with E-state index >= 15 is 0 Å². The molecule has 25 heavy (non-hydrogen) atoms. The van der Waals surface area contributed by atoms with E-state index < -0.39 is 11.8 Å². The number of hydrogen-bond acceptors (Lipinski definition) is 2. The Kier molecular flexibility index (Phi) is 6.75. The van der Waals surface area contributed by atoms with Crippen LogP contribution in [-0.4, -0.2) is 11.8 Å². The molecule has 0 saturated carbocycles. The monoisotopic (exact) mass is 338 g/mol. The van der Waals surface area contributed by atoms with E-state index in [4.69, 9.17) is 0 Å². The van der Waals surface area contributed by atoms with Gasteiger partial charge in [-0.05, 0) is 23.5 Å². The third kappa shape index (κ3) is 5.18. The Morgan fingerprint density at radius 1 is 0.800 bits per heavy atom. The lowest BCUT2D eigenvalue weighted by atomic mass is 9.96. The Morgan fingerprint density at radius 3 is 1.76 bits per heavy atom. The number of hydrogen-bond donors (Lipinski definition) is 2. The van der Waals surface area contributed by atoms with Crippen LogP contribution in [0.5, 0.6) is 0 Å². The van der Waals surface area contributed by atoms with Crippen molar-refractivity contribution in [3.63, 3.8) is 0 Å². The van der Waals surface area contributed by atoms with Crippen molar-refractivity contribution in [1.82, 2.24) is 10.6 Å². The minimum atomic E-state index is -0.600. The van der Waals surface area contributed by atoms with Crippen molar-refractivity contribution >= 4 is 11.8 Å². The third-order valence-corrected chi connectivity index (χ3v) is 4.23. The molecule has 0 aliphatic carbocycles. The van der Waals surface area contributed by atoms with Gasteiger partial charge in [0.05, 0.1) is 12.1 Å². The second-order valence-electron chi connectivity index (χ2n) is 6.45. The Balaban J connectivity index is 2.04. The van der Waals surface area contributed by atoms with Crippen LogP contribution in [0, 0.1) is 5.92 Å². The minimum absolute atomic E-state index is 0.173. The van der Waals surface area contributed by atoms with Gasteiger partial charge in [-0.25, -0.2) is 0 Å². The molecular formula is C21H26N2O2. The number of nitrogens with one attached hydrogen (secondary N) is 2. The predicted molar refractivity (Wildman–Crippen MR) is 99.8 cm³/mol. The van der Waals surface area contributed by atoms with Gasteiger partial charge in [0.2, 0.25) is 0 Å². The van der Waals surface area contributed by atoms with Gasteiger partial charge in [0.15, 0.2) is 0 Å². The SMILES string of the molecule is CC[C@@H](NC(=O)C(=O)N[C@@H](c1ccccc1)C(C)C)c1ccccc1. The zero-order chi connectivity index (χ0) is 18.2. The lowest BCUT2D eigenvalue weighted by Crippen LogP contribution is -2.43. The van der Waals surface area contributed by atoms with Gasteiger partial charge in [-0.15, -0.1) is 0 Å². The van der Waals surface area contributed by atoms with Gasteiger partial charge in [-0.2, -0.15) is 0 Å². The molecule has 0 unspecified atom stereocenters. The Morgan fingerprint density at radius 2 is 1.28 bits per heavy atom. The fourth-order valence-electron chi connectivity index (χ4n) is 2.83. The van der Waals surface area contributed by atoms with E-state index in [1.54, 1.807) is 0 Å². The molecule has 0 spiro atoms. The molecule has 0 radical (unpaired) electrons. The summed E-state index contributed by atoms with van der Waals surface area (Å²) in [6.07, 6.45) is 0.718. The van der Waals surface area contributed by atoms with Crippen LogP contribution in [0.1, 0.15) is 50.4 Å². The van der Waals surface area contributed by atoms with E-state index in [-0.39, 0.29) is 18.0 Å². The van der Waals surface area contributed by atoms with E-state index in [1.165, 1.54) is 0 Å². The van der Waals surface area contributed by atoms with Crippen molar-refractivity contribution in [1.29, 1.82) is 0 Å². The van der Waals surface area contributed by atoms with Gasteiger partial charge in [0, 0.05) is 0 Å². The average Bonchev–Trinajstić information content (AvgIpc) is 2.64. The largest absolute Gasteiger partial charge is 0.341 e. The van der Waals surface area contributed by atoms with Gasteiger partial charge < -0.3 is 10.6 Å². The number of carbonyl (C=O) groups is 2. The standard InChI is InChI=1S/C21H26N2O2/c1-4-18(16-11-7-5-8-12-16)22-20(24)21(25)23-19(15(2)3)17-13-9-6-10-14-17/h5-15,18-19H,4H2,1-3H3,(H,22,24)(H,23,25)/t18-,19-/m1/s1. The highest BCUT2D eigenvalue weighted by Crippen LogP contribution is 2.21. The molecule has 2 amide bonds. The summed E-state index contributed by atoms with van der Waals surface area (Å²) in [7, 11) is 0. The molecular weight excluding hydrogens is 312 g/mol. The summed E-state index contributed by atoms with van der Waals surface area (Å²) in [4.78, 5) is 24.7. The van der Waals surface area contributed by atoms with Crippen molar-refractivity contribution in [3.8, 4) is 0 Å². The Hall–Kier alpha value is -2.62. The fraction of sp³-hybridized carbons (Fsp3) is 0.333. The van der Waals surface area contributed by atoms with Gasteiger partial charge in [0.25, 0.3) is 0 Å². The first-order valence-electron chi connectivity index (χ1n) is 8.74. The highest BCUT2D eigenvalue weighted by molar-refractivity contribution is 6.35. The van der Waals surface area contributed by atoms with Gasteiger partial charge >= 0.3 is 11.8 Å². The molecule has 0 bridgehead atoms. The first kappa shape index (κ1) is 18.7. The van der Waals surface area contributed by atoms with Crippen molar-refractivity contribution < 1.29 is 9.59 Å². The van der Waals surface area contributed by atoms with Crippen molar-refractivity contribution in [3.05, 3.63) is 71.8 Å². The smallest absolute Gasteiger partial charge is 0.309 e. The summed E-state index contributed by atoms with van der Waals surface area (Å²) in [6.45, 7) is 6.03. The lowest BCUT2D eigenvalue weighted by Gasteiger charge is -2.23. The fourth-order valence-corrected chi connectivity index (χ4v) is 2.83. The van der Waals surface area contributed by atoms with E-state index in [0.29, 0.717) is 0 Å². The molecule has 0 aliphatic rings. The quantitative estimate of drug-likeness (QED) is 0.788. The van der Waals surface area contributed by atoms with Crippen LogP contribution < -0.4 is 10.6 Å². The molecule has 132 valence electrons. The first-order chi connectivity index (χ1) is 12.0. The van der Waals surface area contributed by atoms with Crippen LogP contribution in [0.2, 0.25) is 0 Å². The maximum Gasteiger partial charge on any atom is 0.309 e. The summed E-state index contributed by atoms with van der Waals surface area (Å²) >= 11 is 0. The van der Waals surface area contributed by atoms with E-state index in [0.717, 1.165) is 17.5 Å². The average molecular weight is 338 g/mol. The lowest BCUT2D eigenvalue weighted by molar-refractivity contribution is -0.140. The van der Waals surface area contributed by atoms with Crippen LogP contribution in [-0.2, 0) is 9.59 Å². The highest BCUT2D eigenvalue weighted by Gasteiger charge is 2.24. The van der Waals surface area contributed by atoms with E-state index in [2.05, 4.69) is 10.6 Å². The van der Waals surface area contributed by atoms with Crippen LogP contribution in [0.3, 0.4) is 0 Å². The summed E-state index contributed by atoms with van der Waals surface area (Å²) in [5.41, 5.74) is 1.99. The topological polar surface area (TPSA) is 58.2 Å². The molecule has 0 aromatic heterocycles. The second kappa shape index (κ2) is 9.02. The summed E-state index contributed by atoms with van der Waals surface area (Å²) in [5, 5.41) is 5.69. The number of carbonyl (C=O) groups excluding carboxylic acids is 2. The number of amides is 2. The van der Waals surface area contributed by atoms with Crippen LogP contribution in [0.25, 0.3) is 0 Å². The van der Waals surface area contributed by atoms with E-state index in [9.17, 15) is 9.59 Å². The molecule has 4 nitrogen and oxygen atoms in total. The van der Waals surface area contributed by atoms with E-state index in [1.807, 2.05) is 81.4 Å². The van der Waals surface area contributed by atoms with Crippen molar-refractivity contribution in [2.75, 3.05) is 0 Å². The Labute approximate surface area is 149 Å². The minimum Gasteiger partial charge on any atom is -0.341 e. The summed E-state index contributed by atoms with van der Waals surface area (Å²) in [5.74, 6) is -1.02. The molecule has 4 heteroatoms. The molecule has 0 fully saturated rings. The number of rotatable bonds is 6. The van der Waals surface area contributed by atoms with Crippen molar-refractivity contribution in [2.24, 2.45) is 5.92 Å². The molecule has 2 aromatic carbocycles. The molecule has 0 heterocycles.